The van der Waals surface area contributed by atoms with Crippen LogP contribution in [-0.2, 0) is 40.1 Å². The largest absolute Gasteiger partial charge is 0.477 e. The van der Waals surface area contributed by atoms with Crippen LogP contribution >= 0.6 is 23.1 Å². The number of thiazole rings is 1. The van der Waals surface area contributed by atoms with Gasteiger partial charge in [0.1, 0.15) is 35.0 Å². The van der Waals surface area contributed by atoms with Gasteiger partial charge in [-0.15, -0.1) is 23.1 Å². The van der Waals surface area contributed by atoms with Gasteiger partial charge in [0.25, 0.3) is 11.8 Å². The monoisotopic (exact) mass is 629 g/mol. The van der Waals surface area contributed by atoms with Gasteiger partial charge in [-0.05, 0) is 26.8 Å². The highest BCUT2D eigenvalue weighted by atomic mass is 32.2. The average Bonchev–Trinajstić information content (AvgIpc) is 3.41. The third-order valence-electron chi connectivity index (χ3n) is 5.82. The van der Waals surface area contributed by atoms with Gasteiger partial charge in [0.05, 0.1) is 0 Å². The summed E-state index contributed by atoms with van der Waals surface area (Å²) in [4.78, 5) is 71.9. The smallest absolute Gasteiger partial charge is 0.352 e. The van der Waals surface area contributed by atoms with Gasteiger partial charge in [-0.3, -0.25) is 19.3 Å². The molecule has 0 bridgehead atoms. The fourth-order valence-corrected chi connectivity index (χ4v) is 6.09. The minimum Gasteiger partial charge on any atom is -0.477 e. The van der Waals surface area contributed by atoms with Crippen molar-refractivity contribution >= 4 is 64.1 Å². The van der Waals surface area contributed by atoms with Crippen molar-refractivity contribution in [1.82, 2.24) is 15.2 Å². The Labute approximate surface area is 254 Å². The van der Waals surface area contributed by atoms with Crippen LogP contribution < -0.4 is 15.2 Å². The van der Waals surface area contributed by atoms with Crippen molar-refractivity contribution in [2.45, 2.75) is 44.3 Å². The minimum atomic E-state index is -1.23. The topological polar surface area (TPSA) is 180 Å². The summed E-state index contributed by atoms with van der Waals surface area (Å²) >= 11 is 2.37. The van der Waals surface area contributed by atoms with Crippen LogP contribution in [0.25, 0.3) is 0 Å². The van der Waals surface area contributed by atoms with Crippen LogP contribution in [0.1, 0.15) is 26.5 Å². The molecule has 1 unspecified atom stereocenters. The molecule has 0 aliphatic carbocycles. The molecule has 1 saturated heterocycles. The minimum absolute atomic E-state index is 0.0659. The molecule has 3 N–H and O–H groups in total. The normalized spacial score (nSPS) is 18.5. The molecule has 0 aromatic carbocycles. The number of anilines is 1. The molecule has 16 heteroatoms. The molecule has 0 spiro atoms. The van der Waals surface area contributed by atoms with Crippen molar-refractivity contribution in [3.8, 4) is 0 Å². The van der Waals surface area contributed by atoms with E-state index < -0.39 is 40.8 Å². The molecule has 14 nitrogen and oxygen atoms in total. The molecule has 2 atom stereocenters. The van der Waals surface area contributed by atoms with Gasteiger partial charge in [0.15, 0.2) is 29.8 Å². The summed E-state index contributed by atoms with van der Waals surface area (Å²) in [5.74, 6) is -2.86. The summed E-state index contributed by atoms with van der Waals surface area (Å²) in [6.07, 6.45) is 6.54. The van der Waals surface area contributed by atoms with Crippen LogP contribution in [0.5, 0.6) is 0 Å². The maximum absolute atomic E-state index is 13.3. The number of amides is 3. The number of ether oxygens (including phenoxy) is 1. The highest BCUT2D eigenvalue weighted by Gasteiger charge is 2.54. The number of carboxylic acid groups (broad SMARTS) is 1. The van der Waals surface area contributed by atoms with Gasteiger partial charge in [0, 0.05) is 34.9 Å². The number of fused-ring (bicyclic) bond motifs is 1. The van der Waals surface area contributed by atoms with Crippen molar-refractivity contribution in [3.63, 3.8) is 0 Å². The second-order valence-corrected chi connectivity index (χ2v) is 12.1. The van der Waals surface area contributed by atoms with E-state index in [1.807, 2.05) is 22.8 Å². The maximum atomic E-state index is 13.3. The molecule has 4 heterocycles. The summed E-state index contributed by atoms with van der Waals surface area (Å²) in [6.45, 7) is 5.28. The molecular formula is C27H29N6O8S2+. The Morgan fingerprint density at radius 3 is 2.67 bits per heavy atom. The van der Waals surface area contributed by atoms with Gasteiger partial charge in [0.2, 0.25) is 6.41 Å². The number of aromatic nitrogens is 2. The number of carbonyl (C=O) groups excluding carboxylic acids is 4. The predicted octanol–water partition coefficient (Wildman–Crippen LogP) is 1.06. The van der Waals surface area contributed by atoms with E-state index in [0.717, 1.165) is 17.4 Å². The Kier molecular flexibility index (Phi) is 9.92. The first kappa shape index (κ1) is 31.4. The SMILES string of the molecule is CC(C)(C)OC(=O)C=CCON=C(C(=O)NC1C(=O)N2C(C(=O)O)=C(C[n+]3ccccc3)CS[C@@H]12)c1csc(NC=O)n1. The molecule has 2 aliphatic heterocycles. The zero-order valence-electron chi connectivity index (χ0n) is 23.4. The highest BCUT2D eigenvalue weighted by Crippen LogP contribution is 2.40. The van der Waals surface area contributed by atoms with Gasteiger partial charge in [-0.1, -0.05) is 11.2 Å². The highest BCUT2D eigenvalue weighted by molar-refractivity contribution is 8.00. The summed E-state index contributed by atoms with van der Waals surface area (Å²) in [7, 11) is 0. The number of β-lactam (4-membered cyclic amide) rings is 1. The van der Waals surface area contributed by atoms with Crippen LogP contribution in [0, 0.1) is 0 Å². The molecular weight excluding hydrogens is 600 g/mol. The molecule has 1 fully saturated rings. The van der Waals surface area contributed by atoms with Crippen LogP contribution in [0.2, 0.25) is 0 Å². The van der Waals surface area contributed by atoms with E-state index >= 15 is 0 Å². The number of oxime groups is 1. The fraction of sp³-hybridized carbons (Fsp3) is 0.333. The standard InChI is InChI=1S/C27H28N6O8S2/c1-27(2,3)41-18(35)8-7-11-40-31-19(17-14-43-26(29-17)28-15-34)22(36)30-20-23(37)33-21(25(38)39)16(13-42-24(20)33)12-32-9-5-4-6-10-32/h4-10,14-15,20,24H,11-13H2,1-3H3,(H2-,28,29,30,34,36,38,39)/p+1/t20?,24-/m0/s1. The Hall–Kier alpha value is -4.57. The zero-order chi connectivity index (χ0) is 31.1. The summed E-state index contributed by atoms with van der Waals surface area (Å²) in [6, 6.07) is 4.46. The molecule has 2 aliphatic rings. The van der Waals surface area contributed by atoms with E-state index in [2.05, 4.69) is 20.8 Å². The average molecular weight is 630 g/mol. The summed E-state index contributed by atoms with van der Waals surface area (Å²) in [5, 5.41) is 19.8. The van der Waals surface area contributed by atoms with Gasteiger partial charge in [-0.2, -0.15) is 0 Å². The molecule has 226 valence electrons. The number of carboxylic acids is 1. The van der Waals surface area contributed by atoms with Crippen molar-refractivity contribution < 1.29 is 43.2 Å². The molecule has 4 rings (SSSR count). The number of thioether (sulfide) groups is 1. The van der Waals surface area contributed by atoms with Crippen LogP contribution in [0.3, 0.4) is 0 Å². The lowest BCUT2D eigenvalue weighted by Crippen LogP contribution is -2.71. The van der Waals surface area contributed by atoms with E-state index in [0.29, 0.717) is 24.3 Å². The predicted molar refractivity (Wildman–Crippen MR) is 156 cm³/mol. The van der Waals surface area contributed by atoms with Crippen LogP contribution in [-0.4, -0.2) is 80.2 Å². The number of rotatable bonds is 12. The van der Waals surface area contributed by atoms with Crippen LogP contribution in [0.4, 0.5) is 5.13 Å². The Bertz CT molecular complexity index is 1500. The quantitative estimate of drug-likeness (QED) is 0.0449. The number of nitrogens with zero attached hydrogens (tertiary/aromatic N) is 4. The number of nitrogens with one attached hydrogen (secondary N) is 2. The summed E-state index contributed by atoms with van der Waals surface area (Å²) < 4.78 is 6.98. The number of hydrogen-bond acceptors (Lipinski definition) is 11. The van der Waals surface area contributed by atoms with Gasteiger partial charge in [-0.25, -0.2) is 19.1 Å². The molecule has 3 amide bonds. The second-order valence-electron chi connectivity index (χ2n) is 10.1. The lowest BCUT2D eigenvalue weighted by Gasteiger charge is -2.49. The first-order valence-electron chi connectivity index (χ1n) is 12.9. The lowest BCUT2D eigenvalue weighted by atomic mass is 10.0. The molecule has 2 aromatic rings. The van der Waals surface area contributed by atoms with Crippen LogP contribution in [0.15, 0.2) is 64.6 Å². The first-order valence-corrected chi connectivity index (χ1v) is 14.8. The van der Waals surface area contributed by atoms with E-state index in [4.69, 9.17) is 9.57 Å². The van der Waals surface area contributed by atoms with E-state index in [1.54, 1.807) is 33.2 Å². The number of aliphatic carboxylic acids is 1. The van der Waals surface area contributed by atoms with E-state index in [-0.39, 0.29) is 28.8 Å². The zero-order valence-corrected chi connectivity index (χ0v) is 25.0. The van der Waals surface area contributed by atoms with Crippen molar-refractivity contribution in [3.05, 3.63) is 65.1 Å². The second kappa shape index (κ2) is 13.6. The summed E-state index contributed by atoms with van der Waals surface area (Å²) in [5.41, 5.74) is -0.429. The van der Waals surface area contributed by atoms with E-state index in [1.165, 1.54) is 28.1 Å². The third kappa shape index (κ3) is 7.84. The Morgan fingerprint density at radius 1 is 1.26 bits per heavy atom. The number of esters is 1. The maximum Gasteiger partial charge on any atom is 0.352 e. The molecule has 0 saturated carbocycles. The molecule has 43 heavy (non-hydrogen) atoms. The molecule has 2 aromatic heterocycles. The van der Waals surface area contributed by atoms with Crippen molar-refractivity contribution in [1.29, 1.82) is 0 Å². The Morgan fingerprint density at radius 2 is 2.00 bits per heavy atom. The third-order valence-corrected chi connectivity index (χ3v) is 7.93. The van der Waals surface area contributed by atoms with Crippen molar-refractivity contribution in [2.75, 3.05) is 17.7 Å². The van der Waals surface area contributed by atoms with Gasteiger partial charge < -0.3 is 25.3 Å². The Balaban J connectivity index is 1.48. The van der Waals surface area contributed by atoms with Gasteiger partial charge >= 0.3 is 11.9 Å². The van der Waals surface area contributed by atoms with E-state index in [9.17, 15) is 29.1 Å². The lowest BCUT2D eigenvalue weighted by molar-refractivity contribution is -0.689. The fourth-order valence-electron chi connectivity index (χ4n) is 4.10. The number of hydrogen-bond donors (Lipinski definition) is 3. The number of carbonyl (C=O) groups is 5. The molecule has 0 radical (unpaired) electrons. The number of pyridine rings is 1. The first-order chi connectivity index (χ1) is 20.5. The van der Waals surface area contributed by atoms with Crippen molar-refractivity contribution in [2.24, 2.45) is 5.16 Å².